The molecule has 0 aliphatic heterocycles. The second kappa shape index (κ2) is 8.96. The summed E-state index contributed by atoms with van der Waals surface area (Å²) in [5, 5.41) is 4.17. The molecule has 0 aliphatic rings. The number of benzene rings is 3. The third kappa shape index (κ3) is 4.87. The average Bonchev–Trinajstić information content (AvgIpc) is 3.11. The van der Waals surface area contributed by atoms with E-state index in [1.165, 1.54) is 0 Å². The van der Waals surface area contributed by atoms with Crippen molar-refractivity contribution in [3.8, 4) is 5.75 Å². The summed E-state index contributed by atoms with van der Waals surface area (Å²) < 4.78 is 11.2. The van der Waals surface area contributed by atoms with Crippen LogP contribution in [-0.2, 0) is 11.2 Å². The fourth-order valence-corrected chi connectivity index (χ4v) is 3.58. The number of para-hydroxylation sites is 1. The first kappa shape index (κ1) is 20.5. The van der Waals surface area contributed by atoms with Gasteiger partial charge in [0.25, 0.3) is 5.91 Å². The Kier molecular flexibility index (Phi) is 6.13. The lowest BCUT2D eigenvalue weighted by atomic mass is 10.1. The van der Waals surface area contributed by atoms with Gasteiger partial charge in [-0.3, -0.25) is 4.79 Å². The lowest BCUT2D eigenvalue weighted by Gasteiger charge is -2.09. The van der Waals surface area contributed by atoms with Gasteiger partial charge in [0.15, 0.2) is 18.1 Å². The molecule has 0 fully saturated rings. The maximum atomic E-state index is 12.1. The summed E-state index contributed by atoms with van der Waals surface area (Å²) in [5.41, 5.74) is 2.75. The molecule has 1 N–H and O–H groups in total. The van der Waals surface area contributed by atoms with E-state index in [9.17, 15) is 4.79 Å². The van der Waals surface area contributed by atoms with Crippen LogP contribution >= 0.6 is 34.8 Å². The number of anilines is 1. The van der Waals surface area contributed by atoms with E-state index in [4.69, 9.17) is 44.0 Å². The molecule has 0 radical (unpaired) electrons. The molecule has 0 saturated carbocycles. The van der Waals surface area contributed by atoms with Gasteiger partial charge in [-0.2, -0.15) is 0 Å². The molecule has 0 aliphatic carbocycles. The van der Waals surface area contributed by atoms with E-state index in [0.29, 0.717) is 49.9 Å². The van der Waals surface area contributed by atoms with Crippen molar-refractivity contribution in [1.82, 2.24) is 4.98 Å². The number of ether oxygens (including phenoxy) is 1. The Morgan fingerprint density at radius 1 is 1.00 bits per heavy atom. The number of fused-ring (bicyclic) bond motifs is 1. The Bertz CT molecular complexity index is 1210. The Balaban J connectivity index is 1.36. The van der Waals surface area contributed by atoms with Crippen molar-refractivity contribution in [3.63, 3.8) is 0 Å². The molecular formula is C22H15Cl3N2O3. The average molecular weight is 462 g/mol. The highest BCUT2D eigenvalue weighted by Gasteiger charge is 2.12. The predicted octanol–water partition coefficient (Wildman–Crippen LogP) is 6.40. The zero-order valence-corrected chi connectivity index (χ0v) is 17.8. The van der Waals surface area contributed by atoms with Crippen LogP contribution in [0.5, 0.6) is 5.75 Å². The molecule has 30 heavy (non-hydrogen) atoms. The molecule has 0 spiro atoms. The minimum atomic E-state index is -0.284. The Hall–Kier alpha value is -2.73. The monoisotopic (exact) mass is 460 g/mol. The predicted molar refractivity (Wildman–Crippen MR) is 119 cm³/mol. The summed E-state index contributed by atoms with van der Waals surface area (Å²) in [6, 6.07) is 17.7. The first-order valence-corrected chi connectivity index (χ1v) is 10.1. The van der Waals surface area contributed by atoms with Crippen molar-refractivity contribution in [3.05, 3.63) is 87.2 Å². The SMILES string of the molecule is O=C(COc1ccccc1Cl)Nc1ccc(Cc2nc3cc(Cl)cc(Cl)c3o2)cc1. The first-order chi connectivity index (χ1) is 14.5. The van der Waals surface area contributed by atoms with Gasteiger partial charge >= 0.3 is 0 Å². The van der Waals surface area contributed by atoms with Gasteiger partial charge in [-0.05, 0) is 42.0 Å². The van der Waals surface area contributed by atoms with Crippen LogP contribution in [0.2, 0.25) is 15.1 Å². The number of nitrogens with zero attached hydrogens (tertiary/aromatic N) is 1. The Morgan fingerprint density at radius 2 is 1.77 bits per heavy atom. The minimum Gasteiger partial charge on any atom is -0.482 e. The normalized spacial score (nSPS) is 10.9. The van der Waals surface area contributed by atoms with Gasteiger partial charge in [0.05, 0.1) is 10.0 Å². The summed E-state index contributed by atoms with van der Waals surface area (Å²) >= 11 is 18.2. The van der Waals surface area contributed by atoms with E-state index < -0.39 is 0 Å². The van der Waals surface area contributed by atoms with Crippen LogP contribution in [0, 0.1) is 0 Å². The van der Waals surface area contributed by atoms with Crippen molar-refractivity contribution in [2.45, 2.75) is 6.42 Å². The standard InChI is InChI=1S/C22H15Cl3N2O3/c23-14-10-17(25)22-18(11-14)27-21(30-22)9-13-5-7-15(8-6-13)26-20(28)12-29-19-4-2-1-3-16(19)24/h1-8,10-11H,9,12H2,(H,26,28). The molecule has 1 aromatic heterocycles. The quantitative estimate of drug-likeness (QED) is 0.361. The second-order valence-corrected chi connectivity index (χ2v) is 7.74. The molecule has 8 heteroatoms. The highest BCUT2D eigenvalue weighted by atomic mass is 35.5. The number of aromatic nitrogens is 1. The van der Waals surface area contributed by atoms with Crippen molar-refractivity contribution in [2.75, 3.05) is 11.9 Å². The molecule has 3 aromatic carbocycles. The fourth-order valence-electron chi connectivity index (χ4n) is 2.86. The van der Waals surface area contributed by atoms with Gasteiger partial charge < -0.3 is 14.5 Å². The van der Waals surface area contributed by atoms with E-state index in [0.717, 1.165) is 5.56 Å². The molecule has 5 nitrogen and oxygen atoms in total. The number of hydrogen-bond donors (Lipinski definition) is 1. The van der Waals surface area contributed by atoms with E-state index in [1.807, 2.05) is 12.1 Å². The summed E-state index contributed by atoms with van der Waals surface area (Å²) in [5.74, 6) is 0.705. The number of halogens is 3. The minimum absolute atomic E-state index is 0.141. The highest BCUT2D eigenvalue weighted by Crippen LogP contribution is 2.29. The van der Waals surface area contributed by atoms with E-state index >= 15 is 0 Å². The molecular weight excluding hydrogens is 447 g/mol. The van der Waals surface area contributed by atoms with Crippen LogP contribution in [0.4, 0.5) is 5.69 Å². The largest absolute Gasteiger partial charge is 0.482 e. The molecule has 0 atom stereocenters. The maximum absolute atomic E-state index is 12.1. The van der Waals surface area contributed by atoms with Gasteiger partial charge in [0, 0.05) is 17.1 Å². The van der Waals surface area contributed by atoms with Crippen molar-refractivity contribution < 1.29 is 13.9 Å². The third-order valence-corrected chi connectivity index (χ3v) is 5.05. The molecule has 1 amide bonds. The van der Waals surface area contributed by atoms with Gasteiger partial charge in [-0.25, -0.2) is 4.98 Å². The van der Waals surface area contributed by atoms with E-state index in [1.54, 1.807) is 48.5 Å². The second-order valence-electron chi connectivity index (χ2n) is 6.48. The molecule has 4 aromatic rings. The van der Waals surface area contributed by atoms with Gasteiger partial charge in [-0.15, -0.1) is 0 Å². The highest BCUT2D eigenvalue weighted by molar-refractivity contribution is 6.38. The lowest BCUT2D eigenvalue weighted by Crippen LogP contribution is -2.20. The van der Waals surface area contributed by atoms with Crippen LogP contribution in [0.15, 0.2) is 65.1 Å². The molecule has 0 bridgehead atoms. The summed E-state index contributed by atoms with van der Waals surface area (Å²) in [7, 11) is 0. The van der Waals surface area contributed by atoms with Crippen molar-refractivity contribution in [2.24, 2.45) is 0 Å². The maximum Gasteiger partial charge on any atom is 0.262 e. The van der Waals surface area contributed by atoms with Crippen LogP contribution in [0.25, 0.3) is 11.1 Å². The number of amides is 1. The zero-order chi connectivity index (χ0) is 21.1. The van der Waals surface area contributed by atoms with Gasteiger partial charge in [0.1, 0.15) is 11.3 Å². The number of carbonyl (C=O) groups excluding carboxylic acids is 1. The van der Waals surface area contributed by atoms with Gasteiger partial charge in [-0.1, -0.05) is 59.1 Å². The van der Waals surface area contributed by atoms with Crippen LogP contribution in [-0.4, -0.2) is 17.5 Å². The zero-order valence-electron chi connectivity index (χ0n) is 15.5. The Morgan fingerprint density at radius 3 is 2.53 bits per heavy atom. The smallest absolute Gasteiger partial charge is 0.262 e. The number of hydrogen-bond acceptors (Lipinski definition) is 4. The Labute approximate surface area is 187 Å². The number of oxazole rings is 1. The number of rotatable bonds is 6. The van der Waals surface area contributed by atoms with Gasteiger partial charge in [0.2, 0.25) is 0 Å². The molecule has 1 heterocycles. The topological polar surface area (TPSA) is 64.4 Å². The van der Waals surface area contributed by atoms with E-state index in [-0.39, 0.29) is 12.5 Å². The summed E-state index contributed by atoms with van der Waals surface area (Å²) in [6.07, 6.45) is 0.479. The number of carbonyl (C=O) groups is 1. The summed E-state index contributed by atoms with van der Waals surface area (Å²) in [4.78, 5) is 16.5. The molecule has 4 rings (SSSR count). The molecule has 0 saturated heterocycles. The van der Waals surface area contributed by atoms with E-state index in [2.05, 4.69) is 10.3 Å². The van der Waals surface area contributed by atoms with Crippen LogP contribution in [0.3, 0.4) is 0 Å². The fraction of sp³-hybridized carbons (Fsp3) is 0.0909. The van der Waals surface area contributed by atoms with Crippen LogP contribution in [0.1, 0.15) is 11.5 Å². The number of nitrogens with one attached hydrogen (secondary N) is 1. The molecule has 0 unspecified atom stereocenters. The van der Waals surface area contributed by atoms with Crippen LogP contribution < -0.4 is 10.1 Å². The first-order valence-electron chi connectivity index (χ1n) is 8.98. The summed E-state index contributed by atoms with van der Waals surface area (Å²) in [6.45, 7) is -0.141. The molecule has 152 valence electrons. The third-order valence-electron chi connectivity index (χ3n) is 4.24. The van der Waals surface area contributed by atoms with Crippen molar-refractivity contribution in [1.29, 1.82) is 0 Å². The van der Waals surface area contributed by atoms with Crippen molar-refractivity contribution >= 4 is 57.5 Å². The lowest BCUT2D eigenvalue weighted by molar-refractivity contribution is -0.118.